The van der Waals surface area contributed by atoms with Gasteiger partial charge in [0.1, 0.15) is 5.82 Å². The Balaban J connectivity index is 1.78. The van der Waals surface area contributed by atoms with E-state index in [0.717, 1.165) is 4.47 Å². The molecular weight excluding hydrogens is 351 g/mol. The van der Waals surface area contributed by atoms with Crippen LogP contribution in [-0.2, 0) is 0 Å². The van der Waals surface area contributed by atoms with Gasteiger partial charge in [-0.3, -0.25) is 4.79 Å². The van der Waals surface area contributed by atoms with Crippen molar-refractivity contribution in [3.63, 3.8) is 0 Å². The summed E-state index contributed by atoms with van der Waals surface area (Å²) in [6.07, 6.45) is 0. The number of anilines is 1. The lowest BCUT2D eigenvalue weighted by Gasteiger charge is -2.02. The molecule has 0 bridgehead atoms. The minimum absolute atomic E-state index is 0.152. The molecule has 3 aromatic rings. The Labute approximate surface area is 134 Å². The van der Waals surface area contributed by atoms with Crippen LogP contribution in [0.2, 0.25) is 0 Å². The van der Waals surface area contributed by atoms with Crippen LogP contribution in [0.1, 0.15) is 10.5 Å². The molecule has 0 aliphatic rings. The molecular formula is C16H10BrFN2O2. The van der Waals surface area contributed by atoms with E-state index < -0.39 is 0 Å². The quantitative estimate of drug-likeness (QED) is 0.748. The van der Waals surface area contributed by atoms with E-state index in [9.17, 15) is 9.18 Å². The molecule has 4 nitrogen and oxygen atoms in total. The van der Waals surface area contributed by atoms with Crippen molar-refractivity contribution < 1.29 is 13.7 Å². The van der Waals surface area contributed by atoms with Gasteiger partial charge < -0.3 is 9.84 Å². The number of hydrogen-bond donors (Lipinski definition) is 1. The number of carbonyl (C=O) groups is 1. The number of rotatable bonds is 3. The van der Waals surface area contributed by atoms with Gasteiger partial charge in [-0.2, -0.15) is 0 Å². The molecule has 1 amide bonds. The molecule has 2 aromatic carbocycles. The maximum Gasteiger partial charge on any atom is 0.277 e. The largest absolute Gasteiger partial charge is 0.355 e. The minimum Gasteiger partial charge on any atom is -0.355 e. The molecule has 1 heterocycles. The Hall–Kier alpha value is -2.47. The summed E-state index contributed by atoms with van der Waals surface area (Å²) in [6, 6.07) is 14.5. The third kappa shape index (κ3) is 3.23. The van der Waals surface area contributed by atoms with Crippen molar-refractivity contribution >= 4 is 27.5 Å². The number of aromatic nitrogens is 1. The zero-order chi connectivity index (χ0) is 15.5. The zero-order valence-electron chi connectivity index (χ0n) is 11.2. The van der Waals surface area contributed by atoms with Crippen LogP contribution in [0.4, 0.5) is 10.1 Å². The summed E-state index contributed by atoms with van der Waals surface area (Å²) in [5.74, 6) is -0.314. The van der Waals surface area contributed by atoms with Gasteiger partial charge in [-0.15, -0.1) is 0 Å². The fraction of sp³-hybridized carbons (Fsp3) is 0. The average molecular weight is 361 g/mol. The predicted octanol–water partition coefficient (Wildman–Crippen LogP) is 4.50. The molecule has 0 radical (unpaired) electrons. The van der Waals surface area contributed by atoms with E-state index in [1.54, 1.807) is 24.3 Å². The SMILES string of the molecule is O=C(Nc1cccc(Br)c1)c1cc(-c2ccc(F)cc2)on1. The molecule has 0 atom stereocenters. The third-order valence-electron chi connectivity index (χ3n) is 2.95. The number of nitrogens with zero attached hydrogens (tertiary/aromatic N) is 1. The lowest BCUT2D eigenvalue weighted by atomic mass is 10.1. The van der Waals surface area contributed by atoms with Gasteiger partial charge in [0.15, 0.2) is 11.5 Å². The van der Waals surface area contributed by atoms with Gasteiger partial charge in [0.05, 0.1) is 0 Å². The first kappa shape index (κ1) is 14.5. The van der Waals surface area contributed by atoms with Crippen LogP contribution < -0.4 is 5.32 Å². The second kappa shape index (κ2) is 6.11. The fourth-order valence-corrected chi connectivity index (χ4v) is 2.29. The lowest BCUT2D eigenvalue weighted by molar-refractivity contribution is 0.101. The number of carbonyl (C=O) groups excluding carboxylic acids is 1. The van der Waals surface area contributed by atoms with Crippen molar-refractivity contribution in [1.82, 2.24) is 5.16 Å². The highest BCUT2D eigenvalue weighted by Gasteiger charge is 2.14. The van der Waals surface area contributed by atoms with Crippen LogP contribution in [0.25, 0.3) is 11.3 Å². The molecule has 1 aromatic heterocycles. The maximum atomic E-state index is 12.9. The van der Waals surface area contributed by atoms with Crippen LogP contribution in [-0.4, -0.2) is 11.1 Å². The fourth-order valence-electron chi connectivity index (χ4n) is 1.89. The van der Waals surface area contributed by atoms with Gasteiger partial charge in [-0.1, -0.05) is 27.2 Å². The summed E-state index contributed by atoms with van der Waals surface area (Å²) in [6.45, 7) is 0. The van der Waals surface area contributed by atoms with E-state index in [1.165, 1.54) is 18.2 Å². The van der Waals surface area contributed by atoms with Gasteiger partial charge in [0, 0.05) is 21.8 Å². The van der Waals surface area contributed by atoms with Crippen LogP contribution in [0, 0.1) is 5.82 Å². The van der Waals surface area contributed by atoms with E-state index in [2.05, 4.69) is 26.4 Å². The normalized spacial score (nSPS) is 10.5. The predicted molar refractivity (Wildman–Crippen MR) is 84.0 cm³/mol. The zero-order valence-corrected chi connectivity index (χ0v) is 12.8. The van der Waals surface area contributed by atoms with E-state index in [1.807, 2.05) is 12.1 Å². The van der Waals surface area contributed by atoms with Crippen molar-refractivity contribution in [3.05, 3.63) is 70.6 Å². The van der Waals surface area contributed by atoms with E-state index in [0.29, 0.717) is 17.0 Å². The van der Waals surface area contributed by atoms with E-state index in [4.69, 9.17) is 4.52 Å². The first-order chi connectivity index (χ1) is 10.6. The van der Waals surface area contributed by atoms with E-state index >= 15 is 0 Å². The van der Waals surface area contributed by atoms with Crippen molar-refractivity contribution in [2.75, 3.05) is 5.32 Å². The maximum absolute atomic E-state index is 12.9. The summed E-state index contributed by atoms with van der Waals surface area (Å²) in [7, 11) is 0. The number of halogens is 2. The molecule has 1 N–H and O–H groups in total. The number of nitrogens with one attached hydrogen (secondary N) is 1. The Morgan fingerprint density at radius 3 is 2.64 bits per heavy atom. The van der Waals surface area contributed by atoms with Gasteiger partial charge in [-0.25, -0.2) is 4.39 Å². The van der Waals surface area contributed by atoms with Crippen molar-refractivity contribution in [2.24, 2.45) is 0 Å². The number of benzene rings is 2. The molecule has 0 aliphatic heterocycles. The first-order valence-corrected chi connectivity index (χ1v) is 7.21. The van der Waals surface area contributed by atoms with Crippen molar-refractivity contribution in [1.29, 1.82) is 0 Å². The van der Waals surface area contributed by atoms with Gasteiger partial charge >= 0.3 is 0 Å². The Morgan fingerprint density at radius 2 is 1.91 bits per heavy atom. The topological polar surface area (TPSA) is 55.1 Å². The molecule has 3 rings (SSSR count). The molecule has 110 valence electrons. The van der Waals surface area contributed by atoms with Crippen molar-refractivity contribution in [3.8, 4) is 11.3 Å². The minimum atomic E-state index is -0.379. The van der Waals surface area contributed by atoms with Crippen molar-refractivity contribution in [2.45, 2.75) is 0 Å². The first-order valence-electron chi connectivity index (χ1n) is 6.41. The van der Waals surface area contributed by atoms with Gasteiger partial charge in [0.25, 0.3) is 5.91 Å². The highest BCUT2D eigenvalue weighted by molar-refractivity contribution is 9.10. The van der Waals surface area contributed by atoms with Crippen LogP contribution in [0.3, 0.4) is 0 Å². The van der Waals surface area contributed by atoms with Gasteiger partial charge in [0.2, 0.25) is 0 Å². The molecule has 0 aliphatic carbocycles. The van der Waals surface area contributed by atoms with Crippen LogP contribution in [0.5, 0.6) is 0 Å². The molecule has 6 heteroatoms. The Kier molecular flexibility index (Phi) is 4.02. The molecule has 22 heavy (non-hydrogen) atoms. The smallest absolute Gasteiger partial charge is 0.277 e. The Bertz CT molecular complexity index is 815. The molecule has 0 fully saturated rings. The summed E-state index contributed by atoms with van der Waals surface area (Å²) < 4.78 is 18.9. The second-order valence-corrected chi connectivity index (χ2v) is 5.46. The summed E-state index contributed by atoms with van der Waals surface area (Å²) in [5, 5.41) is 6.46. The molecule has 0 unspecified atom stereocenters. The third-order valence-corrected chi connectivity index (χ3v) is 3.45. The summed E-state index contributed by atoms with van der Waals surface area (Å²) >= 11 is 3.33. The second-order valence-electron chi connectivity index (χ2n) is 4.55. The lowest BCUT2D eigenvalue weighted by Crippen LogP contribution is -2.11. The van der Waals surface area contributed by atoms with E-state index in [-0.39, 0.29) is 17.4 Å². The Morgan fingerprint density at radius 1 is 1.14 bits per heavy atom. The average Bonchev–Trinajstić information content (AvgIpc) is 2.98. The summed E-state index contributed by atoms with van der Waals surface area (Å²) in [4.78, 5) is 12.1. The number of hydrogen-bond acceptors (Lipinski definition) is 3. The van der Waals surface area contributed by atoms with Crippen LogP contribution in [0.15, 0.2) is 63.6 Å². The summed E-state index contributed by atoms with van der Waals surface area (Å²) in [5.41, 5.74) is 1.44. The highest BCUT2D eigenvalue weighted by Crippen LogP contribution is 2.21. The van der Waals surface area contributed by atoms with Crippen LogP contribution >= 0.6 is 15.9 Å². The molecule has 0 saturated carbocycles. The molecule has 0 spiro atoms. The highest BCUT2D eigenvalue weighted by atomic mass is 79.9. The monoisotopic (exact) mass is 360 g/mol. The van der Waals surface area contributed by atoms with Gasteiger partial charge in [-0.05, 0) is 42.5 Å². The standard InChI is InChI=1S/C16H10BrFN2O2/c17-11-2-1-3-13(8-11)19-16(21)14-9-15(22-20-14)10-4-6-12(18)7-5-10/h1-9H,(H,19,21). The number of amides is 1. The molecule has 0 saturated heterocycles.